The summed E-state index contributed by atoms with van der Waals surface area (Å²) in [4.78, 5) is 0. The monoisotopic (exact) mass is 237 g/mol. The van der Waals surface area contributed by atoms with Crippen molar-refractivity contribution in [3.63, 3.8) is 0 Å². The van der Waals surface area contributed by atoms with Crippen LogP contribution < -0.4 is 5.32 Å². The third-order valence-electron chi connectivity index (χ3n) is 3.51. The van der Waals surface area contributed by atoms with Gasteiger partial charge in [-0.2, -0.15) is 0 Å². The van der Waals surface area contributed by atoms with Crippen molar-refractivity contribution in [2.45, 2.75) is 25.2 Å². The van der Waals surface area contributed by atoms with E-state index in [9.17, 15) is 4.39 Å². The van der Waals surface area contributed by atoms with E-state index in [1.54, 1.807) is 12.1 Å². The van der Waals surface area contributed by atoms with Crippen molar-refractivity contribution >= 4 is 0 Å². The number of benzene rings is 1. The van der Waals surface area contributed by atoms with Crippen molar-refractivity contribution in [1.82, 2.24) is 5.32 Å². The molecule has 1 N–H and O–H groups in total. The minimum absolute atomic E-state index is 0.124. The first kappa shape index (κ1) is 12.5. The Morgan fingerprint density at radius 3 is 2.82 bits per heavy atom. The maximum Gasteiger partial charge on any atom is 0.123 e. The molecule has 0 spiro atoms. The lowest BCUT2D eigenvalue weighted by atomic mass is 9.72. The van der Waals surface area contributed by atoms with Gasteiger partial charge in [-0.15, -0.1) is 0 Å². The van der Waals surface area contributed by atoms with Crippen LogP contribution in [0.1, 0.15) is 25.3 Å². The van der Waals surface area contributed by atoms with E-state index in [4.69, 9.17) is 4.74 Å². The van der Waals surface area contributed by atoms with Crippen LogP contribution in [0.15, 0.2) is 24.3 Å². The predicted octanol–water partition coefficient (Wildman–Crippen LogP) is 2.48. The normalized spacial score (nSPS) is 17.8. The molecule has 0 atom stereocenters. The fourth-order valence-electron chi connectivity index (χ4n) is 2.43. The van der Waals surface area contributed by atoms with Crippen LogP contribution in [0.3, 0.4) is 0 Å². The van der Waals surface area contributed by atoms with Crippen molar-refractivity contribution in [3.05, 3.63) is 35.6 Å². The molecular formula is C14H20FNO. The molecule has 0 bridgehead atoms. The van der Waals surface area contributed by atoms with Gasteiger partial charge in [-0.3, -0.25) is 0 Å². The molecule has 1 fully saturated rings. The van der Waals surface area contributed by atoms with E-state index in [1.165, 1.54) is 6.07 Å². The van der Waals surface area contributed by atoms with E-state index in [0.717, 1.165) is 44.7 Å². The van der Waals surface area contributed by atoms with Crippen molar-refractivity contribution in [2.75, 3.05) is 26.3 Å². The third kappa shape index (κ3) is 2.85. The zero-order chi connectivity index (χ0) is 12.1. The standard InChI is InChI=1S/C14H20FNO/c1-2-17-8-4-7-14(10-16-11-14)12-5-3-6-13(15)9-12/h3,5-6,9,16H,2,4,7-8,10-11H2,1H3. The summed E-state index contributed by atoms with van der Waals surface area (Å²) in [7, 11) is 0. The Kier molecular flexibility index (Phi) is 4.13. The zero-order valence-electron chi connectivity index (χ0n) is 10.3. The molecule has 94 valence electrons. The second-order valence-electron chi connectivity index (χ2n) is 4.69. The molecule has 1 aromatic rings. The van der Waals surface area contributed by atoms with Gasteiger partial charge in [0.2, 0.25) is 0 Å². The maximum absolute atomic E-state index is 13.3. The van der Waals surface area contributed by atoms with E-state index in [1.807, 2.05) is 13.0 Å². The molecule has 0 saturated carbocycles. The van der Waals surface area contributed by atoms with Gasteiger partial charge in [0, 0.05) is 31.7 Å². The smallest absolute Gasteiger partial charge is 0.123 e. The van der Waals surface area contributed by atoms with Crippen LogP contribution in [0.2, 0.25) is 0 Å². The van der Waals surface area contributed by atoms with Crippen LogP contribution in [-0.4, -0.2) is 26.3 Å². The van der Waals surface area contributed by atoms with Crippen LogP contribution >= 0.6 is 0 Å². The highest BCUT2D eigenvalue weighted by Crippen LogP contribution is 2.33. The molecule has 3 heteroatoms. The van der Waals surface area contributed by atoms with Gasteiger partial charge >= 0.3 is 0 Å². The van der Waals surface area contributed by atoms with E-state index in [-0.39, 0.29) is 11.2 Å². The summed E-state index contributed by atoms with van der Waals surface area (Å²) in [5, 5.41) is 3.30. The molecule has 2 rings (SSSR count). The van der Waals surface area contributed by atoms with Gasteiger partial charge in [0.1, 0.15) is 5.82 Å². The number of rotatable bonds is 6. The summed E-state index contributed by atoms with van der Waals surface area (Å²) >= 11 is 0. The number of nitrogens with one attached hydrogen (secondary N) is 1. The molecule has 0 radical (unpaired) electrons. The molecule has 1 saturated heterocycles. The summed E-state index contributed by atoms with van der Waals surface area (Å²) in [5.74, 6) is -0.140. The third-order valence-corrected chi connectivity index (χ3v) is 3.51. The highest BCUT2D eigenvalue weighted by molar-refractivity contribution is 5.30. The molecule has 0 unspecified atom stereocenters. The number of hydrogen-bond donors (Lipinski definition) is 1. The van der Waals surface area contributed by atoms with Gasteiger partial charge in [-0.25, -0.2) is 4.39 Å². The average Bonchev–Trinajstić information content (AvgIpc) is 2.27. The number of halogens is 1. The van der Waals surface area contributed by atoms with Crippen molar-refractivity contribution in [1.29, 1.82) is 0 Å². The second-order valence-corrected chi connectivity index (χ2v) is 4.69. The first-order chi connectivity index (χ1) is 8.27. The topological polar surface area (TPSA) is 21.3 Å². The van der Waals surface area contributed by atoms with E-state index < -0.39 is 0 Å². The predicted molar refractivity (Wildman–Crippen MR) is 66.7 cm³/mol. The average molecular weight is 237 g/mol. The fraction of sp³-hybridized carbons (Fsp3) is 0.571. The van der Waals surface area contributed by atoms with Crippen LogP contribution in [0, 0.1) is 5.82 Å². The molecular weight excluding hydrogens is 217 g/mol. The molecule has 2 nitrogen and oxygen atoms in total. The molecule has 0 aliphatic carbocycles. The van der Waals surface area contributed by atoms with E-state index in [2.05, 4.69) is 5.32 Å². The summed E-state index contributed by atoms with van der Waals surface area (Å²) in [6.07, 6.45) is 2.09. The minimum Gasteiger partial charge on any atom is -0.382 e. The highest BCUT2D eigenvalue weighted by Gasteiger charge is 2.38. The summed E-state index contributed by atoms with van der Waals surface area (Å²) in [5.41, 5.74) is 1.24. The lowest BCUT2D eigenvalue weighted by Crippen LogP contribution is -2.56. The summed E-state index contributed by atoms with van der Waals surface area (Å²) in [6, 6.07) is 7.00. The lowest BCUT2D eigenvalue weighted by Gasteiger charge is -2.43. The van der Waals surface area contributed by atoms with Gasteiger partial charge in [0.25, 0.3) is 0 Å². The van der Waals surface area contributed by atoms with Crippen LogP contribution in [0.5, 0.6) is 0 Å². The Morgan fingerprint density at radius 2 is 2.24 bits per heavy atom. The summed E-state index contributed by atoms with van der Waals surface area (Å²) in [6.45, 7) is 5.47. The number of hydrogen-bond acceptors (Lipinski definition) is 2. The van der Waals surface area contributed by atoms with Crippen LogP contribution in [0.4, 0.5) is 4.39 Å². The van der Waals surface area contributed by atoms with E-state index in [0.29, 0.717) is 0 Å². The minimum atomic E-state index is -0.140. The highest BCUT2D eigenvalue weighted by atomic mass is 19.1. The zero-order valence-corrected chi connectivity index (χ0v) is 10.3. The van der Waals surface area contributed by atoms with Crippen molar-refractivity contribution in [2.24, 2.45) is 0 Å². The first-order valence-electron chi connectivity index (χ1n) is 6.31. The Labute approximate surface area is 102 Å². The molecule has 1 aliphatic rings. The van der Waals surface area contributed by atoms with Gasteiger partial charge in [0.05, 0.1) is 0 Å². The molecule has 1 heterocycles. The van der Waals surface area contributed by atoms with E-state index >= 15 is 0 Å². The molecule has 0 aromatic heterocycles. The Balaban J connectivity index is 1.99. The summed E-state index contributed by atoms with van der Waals surface area (Å²) < 4.78 is 18.6. The largest absolute Gasteiger partial charge is 0.382 e. The quantitative estimate of drug-likeness (QED) is 0.767. The van der Waals surface area contributed by atoms with Gasteiger partial charge in [0.15, 0.2) is 0 Å². The maximum atomic E-state index is 13.3. The van der Waals surface area contributed by atoms with Gasteiger partial charge in [-0.1, -0.05) is 12.1 Å². The Hall–Kier alpha value is -0.930. The van der Waals surface area contributed by atoms with Crippen molar-refractivity contribution < 1.29 is 9.13 Å². The molecule has 1 aliphatic heterocycles. The van der Waals surface area contributed by atoms with Gasteiger partial charge < -0.3 is 10.1 Å². The molecule has 17 heavy (non-hydrogen) atoms. The molecule has 1 aromatic carbocycles. The lowest BCUT2D eigenvalue weighted by molar-refractivity contribution is 0.129. The number of ether oxygens (including phenoxy) is 1. The Bertz CT molecular complexity index is 363. The Morgan fingerprint density at radius 1 is 1.41 bits per heavy atom. The van der Waals surface area contributed by atoms with Crippen molar-refractivity contribution in [3.8, 4) is 0 Å². The first-order valence-corrected chi connectivity index (χ1v) is 6.31. The SMILES string of the molecule is CCOCCCC1(c2cccc(F)c2)CNC1. The van der Waals surface area contributed by atoms with Crippen LogP contribution in [-0.2, 0) is 10.2 Å². The van der Waals surface area contributed by atoms with Crippen LogP contribution in [0.25, 0.3) is 0 Å². The second kappa shape index (κ2) is 5.61. The van der Waals surface area contributed by atoms with Gasteiger partial charge in [-0.05, 0) is 37.5 Å². The fourth-order valence-corrected chi connectivity index (χ4v) is 2.43. The molecule has 0 amide bonds.